The van der Waals surface area contributed by atoms with Gasteiger partial charge in [0.1, 0.15) is 11.3 Å². The molecule has 0 amide bonds. The van der Waals surface area contributed by atoms with Gasteiger partial charge in [0, 0.05) is 0 Å². The van der Waals surface area contributed by atoms with Crippen LogP contribution in [0.2, 0.25) is 5.15 Å². The van der Waals surface area contributed by atoms with Gasteiger partial charge in [-0.25, -0.2) is 9.55 Å². The first-order valence-electron chi connectivity index (χ1n) is 2.12. The Kier molecular flexibility index (Phi) is 1.60. The third-order valence-electron chi connectivity index (χ3n) is 0.748. The molecule has 0 fully saturated rings. The number of hydrogen-bond acceptors (Lipinski definition) is 1. The summed E-state index contributed by atoms with van der Waals surface area (Å²) >= 11 is 5.02. The zero-order chi connectivity index (χ0) is 7.78. The van der Waals surface area contributed by atoms with Crippen molar-refractivity contribution >= 4 is 11.6 Å². The summed E-state index contributed by atoms with van der Waals surface area (Å²) in [7, 11) is 0. The number of imidazole rings is 1. The third kappa shape index (κ3) is 1.23. The summed E-state index contributed by atoms with van der Waals surface area (Å²) in [5, 5.41) is -0.618. The van der Waals surface area contributed by atoms with Crippen LogP contribution in [0.15, 0.2) is 0 Å². The molecule has 54 valence electrons. The lowest BCUT2D eigenvalue weighted by molar-refractivity contribution is -0.204. The van der Waals surface area contributed by atoms with Crippen molar-refractivity contribution < 1.29 is 13.2 Å². The Balaban J connectivity index is 3.05. The quantitative estimate of drug-likeness (QED) is 0.576. The summed E-state index contributed by atoms with van der Waals surface area (Å²) in [6, 6.07) is 0. The van der Waals surface area contributed by atoms with E-state index in [0.717, 1.165) is 0 Å². The minimum Gasteiger partial charge on any atom is -0.221 e. The zero-order valence-corrected chi connectivity index (χ0v) is 5.16. The number of halogens is 4. The highest BCUT2D eigenvalue weighted by Gasteiger charge is 2.32. The van der Waals surface area contributed by atoms with Crippen molar-refractivity contribution in [1.29, 1.82) is 0 Å². The first-order valence-corrected chi connectivity index (χ1v) is 2.50. The lowest BCUT2D eigenvalue weighted by atomic mass is 10.9. The molecule has 0 aliphatic carbocycles. The van der Waals surface area contributed by atoms with Gasteiger partial charge in [0.2, 0.25) is 0 Å². The molecule has 1 rings (SSSR count). The minimum absolute atomic E-state index is 0.255. The van der Waals surface area contributed by atoms with Gasteiger partial charge in [-0.05, 0) is 0 Å². The molecule has 0 N–H and O–H groups in total. The van der Waals surface area contributed by atoms with E-state index in [1.807, 2.05) is 6.20 Å². The van der Waals surface area contributed by atoms with Gasteiger partial charge in [-0.2, -0.15) is 0 Å². The Morgan fingerprint density at radius 3 is 2.30 bits per heavy atom. The van der Waals surface area contributed by atoms with E-state index < -0.39 is 11.5 Å². The molecule has 1 heterocycles. The van der Waals surface area contributed by atoms with Crippen molar-refractivity contribution in [3.05, 3.63) is 17.7 Å². The molecule has 0 aromatic carbocycles. The smallest absolute Gasteiger partial charge is 0.221 e. The summed E-state index contributed by atoms with van der Waals surface area (Å²) < 4.78 is 34.8. The van der Waals surface area contributed by atoms with E-state index >= 15 is 0 Å². The van der Waals surface area contributed by atoms with Gasteiger partial charge in [0.15, 0.2) is 6.33 Å². The van der Waals surface area contributed by atoms with E-state index in [-0.39, 0.29) is 4.57 Å². The highest BCUT2D eigenvalue weighted by molar-refractivity contribution is 6.29. The topological polar surface area (TPSA) is 17.8 Å². The van der Waals surface area contributed by atoms with Crippen LogP contribution < -0.4 is 0 Å². The van der Waals surface area contributed by atoms with Crippen LogP contribution in [0.4, 0.5) is 13.2 Å². The molecule has 1 aromatic heterocycles. The van der Waals surface area contributed by atoms with Gasteiger partial charge in [-0.1, -0.05) is 11.6 Å². The van der Waals surface area contributed by atoms with E-state index in [0.29, 0.717) is 0 Å². The summed E-state index contributed by atoms with van der Waals surface area (Å²) in [6.45, 7) is 0. The first kappa shape index (κ1) is 7.40. The normalized spacial score (nSPS) is 12.0. The molecule has 0 aliphatic rings. The molecule has 10 heavy (non-hydrogen) atoms. The Bertz CT molecular complexity index is 229. The molecule has 0 aliphatic heterocycles. The fraction of sp³-hybridized carbons (Fsp3) is 0.250. The van der Waals surface area contributed by atoms with E-state index in [1.165, 1.54) is 0 Å². The van der Waals surface area contributed by atoms with Gasteiger partial charge in [0.05, 0.1) is 0 Å². The predicted octanol–water partition coefficient (Wildman–Crippen LogP) is 1.61. The standard InChI is InChI=1S/C4ClF3N2/c5-3-1-9-2-10(3)4(6,7)8. The van der Waals surface area contributed by atoms with Crippen molar-refractivity contribution in [2.24, 2.45) is 0 Å². The molecule has 6 heteroatoms. The minimum atomic E-state index is -4.55. The molecule has 1 aromatic rings. The highest BCUT2D eigenvalue weighted by Crippen LogP contribution is 2.25. The molecule has 0 bridgehead atoms. The Morgan fingerprint density at radius 2 is 2.10 bits per heavy atom. The fourth-order valence-corrected chi connectivity index (χ4v) is 0.559. The summed E-state index contributed by atoms with van der Waals surface area (Å²) in [5.41, 5.74) is 0. The van der Waals surface area contributed by atoms with Crippen LogP contribution in [0.25, 0.3) is 0 Å². The average molecular weight is 169 g/mol. The molecule has 0 saturated carbocycles. The van der Waals surface area contributed by atoms with Crippen molar-refractivity contribution in [1.82, 2.24) is 9.55 Å². The molecule has 2 radical (unpaired) electrons. The van der Waals surface area contributed by atoms with Crippen LogP contribution in [0, 0.1) is 12.5 Å². The van der Waals surface area contributed by atoms with Gasteiger partial charge in [0.25, 0.3) is 0 Å². The van der Waals surface area contributed by atoms with Crippen molar-refractivity contribution in [3.63, 3.8) is 0 Å². The van der Waals surface area contributed by atoms with E-state index in [9.17, 15) is 13.2 Å². The van der Waals surface area contributed by atoms with Gasteiger partial charge in [-0.3, -0.25) is 0 Å². The number of rotatable bonds is 0. The van der Waals surface area contributed by atoms with Gasteiger partial charge >= 0.3 is 6.30 Å². The van der Waals surface area contributed by atoms with Gasteiger partial charge < -0.3 is 0 Å². The molecule has 0 atom stereocenters. The monoisotopic (exact) mass is 168 g/mol. The van der Waals surface area contributed by atoms with E-state index in [2.05, 4.69) is 4.98 Å². The molecular formula is C4ClF3N2. The summed E-state index contributed by atoms with van der Waals surface area (Å²) in [5.74, 6) is 0. The lowest BCUT2D eigenvalue weighted by Crippen LogP contribution is -2.15. The maximum Gasteiger partial charge on any atom is 0.491 e. The molecule has 0 saturated heterocycles. The number of alkyl halides is 3. The second kappa shape index (κ2) is 2.16. The van der Waals surface area contributed by atoms with Crippen molar-refractivity contribution in [2.75, 3.05) is 0 Å². The molecule has 0 spiro atoms. The summed E-state index contributed by atoms with van der Waals surface area (Å²) in [6.07, 6.45) is -1.07. The van der Waals surface area contributed by atoms with Crippen LogP contribution in [0.1, 0.15) is 0 Å². The summed E-state index contributed by atoms with van der Waals surface area (Å²) in [4.78, 5) is 2.95. The highest BCUT2D eigenvalue weighted by atomic mass is 35.5. The molecule has 0 unspecified atom stereocenters. The van der Waals surface area contributed by atoms with Crippen molar-refractivity contribution in [3.8, 4) is 0 Å². The SMILES string of the molecule is FC(F)(F)n1[c]n[c]c1Cl. The molecular weight excluding hydrogens is 169 g/mol. The second-order valence-corrected chi connectivity index (χ2v) is 1.78. The fourth-order valence-electron chi connectivity index (χ4n) is 0.383. The van der Waals surface area contributed by atoms with Crippen LogP contribution in [0.5, 0.6) is 0 Å². The van der Waals surface area contributed by atoms with Gasteiger partial charge in [-0.15, -0.1) is 13.2 Å². The predicted molar refractivity (Wildman–Crippen MR) is 26.2 cm³/mol. The first-order chi connectivity index (χ1) is 4.52. The maximum atomic E-state index is 11.7. The van der Waals surface area contributed by atoms with Crippen LogP contribution in [0.3, 0.4) is 0 Å². The Labute approximate surface area is 59.2 Å². The van der Waals surface area contributed by atoms with Crippen LogP contribution >= 0.6 is 11.6 Å². The Hall–Kier alpha value is -0.710. The van der Waals surface area contributed by atoms with Crippen LogP contribution in [-0.2, 0) is 6.30 Å². The largest absolute Gasteiger partial charge is 0.491 e. The number of nitrogens with zero attached hydrogens (tertiary/aromatic N) is 2. The maximum absolute atomic E-state index is 11.7. The van der Waals surface area contributed by atoms with E-state index in [1.54, 1.807) is 6.33 Å². The zero-order valence-electron chi connectivity index (χ0n) is 4.41. The number of hydrogen-bond donors (Lipinski definition) is 0. The van der Waals surface area contributed by atoms with Crippen molar-refractivity contribution in [2.45, 2.75) is 6.30 Å². The number of aromatic nitrogens is 2. The van der Waals surface area contributed by atoms with Crippen LogP contribution in [-0.4, -0.2) is 9.55 Å². The van der Waals surface area contributed by atoms with E-state index in [4.69, 9.17) is 11.6 Å². The average Bonchev–Trinajstić information content (AvgIpc) is 2.11. The second-order valence-electron chi connectivity index (χ2n) is 1.42. The third-order valence-corrected chi connectivity index (χ3v) is 1.00. The lowest BCUT2D eigenvalue weighted by Gasteiger charge is -2.05. The Morgan fingerprint density at radius 1 is 1.50 bits per heavy atom. The molecule has 2 nitrogen and oxygen atoms in total.